The maximum atomic E-state index is 12.5. The van der Waals surface area contributed by atoms with Gasteiger partial charge in [-0.25, -0.2) is 0 Å². The van der Waals surface area contributed by atoms with Crippen molar-refractivity contribution < 1.29 is 9.21 Å². The van der Waals surface area contributed by atoms with Gasteiger partial charge in [-0.1, -0.05) is 29.8 Å². The van der Waals surface area contributed by atoms with Crippen LogP contribution in [0, 0.1) is 6.92 Å². The normalized spacial score (nSPS) is 14.5. The van der Waals surface area contributed by atoms with Crippen molar-refractivity contribution >= 4 is 34.4 Å². The quantitative estimate of drug-likeness (QED) is 0.673. The molecule has 4 N–H and O–H groups in total. The third-order valence-corrected chi connectivity index (χ3v) is 4.89. The Morgan fingerprint density at radius 3 is 2.80 bits per heavy atom. The van der Waals surface area contributed by atoms with Crippen LogP contribution in [0.3, 0.4) is 0 Å². The van der Waals surface area contributed by atoms with Gasteiger partial charge in [0, 0.05) is 29.1 Å². The number of carbonyl (C=O) groups is 1. The van der Waals surface area contributed by atoms with Gasteiger partial charge < -0.3 is 20.8 Å². The molecule has 0 saturated carbocycles. The van der Waals surface area contributed by atoms with E-state index < -0.39 is 0 Å². The van der Waals surface area contributed by atoms with Gasteiger partial charge in [0.2, 0.25) is 5.88 Å². The van der Waals surface area contributed by atoms with Crippen LogP contribution in [0.15, 0.2) is 40.8 Å². The van der Waals surface area contributed by atoms with Gasteiger partial charge in [-0.2, -0.15) is 0 Å². The van der Waals surface area contributed by atoms with Crippen LogP contribution >= 0.6 is 11.6 Å². The first-order valence-corrected chi connectivity index (χ1v) is 8.51. The fourth-order valence-electron chi connectivity index (χ4n) is 3.15. The van der Waals surface area contributed by atoms with Crippen molar-refractivity contribution in [2.45, 2.75) is 13.0 Å². The van der Waals surface area contributed by atoms with E-state index >= 15 is 0 Å². The fraction of sp³-hybridized carbons (Fsp3) is 0.211. The number of halogens is 1. The van der Waals surface area contributed by atoms with Crippen molar-refractivity contribution in [2.24, 2.45) is 0 Å². The molecule has 0 bridgehead atoms. The van der Waals surface area contributed by atoms with Crippen LogP contribution in [-0.4, -0.2) is 25.0 Å². The van der Waals surface area contributed by atoms with E-state index in [-0.39, 0.29) is 17.8 Å². The molecule has 0 aliphatic carbocycles. The number of fused-ring (bicyclic) bond motifs is 1. The summed E-state index contributed by atoms with van der Waals surface area (Å²) < 4.78 is 5.65. The smallest absolute Gasteiger partial charge is 0.257 e. The van der Waals surface area contributed by atoms with Crippen molar-refractivity contribution in [1.29, 1.82) is 0 Å². The minimum Gasteiger partial charge on any atom is -0.440 e. The van der Waals surface area contributed by atoms with Crippen molar-refractivity contribution in [3.63, 3.8) is 0 Å². The summed E-state index contributed by atoms with van der Waals surface area (Å²) in [7, 11) is 0. The van der Waals surface area contributed by atoms with E-state index in [2.05, 4.69) is 10.6 Å². The molecule has 1 aliphatic heterocycles. The summed E-state index contributed by atoms with van der Waals surface area (Å²) in [6, 6.07) is 11.6. The Morgan fingerprint density at radius 1 is 1.32 bits per heavy atom. The van der Waals surface area contributed by atoms with E-state index in [1.165, 1.54) is 0 Å². The third kappa shape index (κ3) is 2.75. The van der Waals surface area contributed by atoms with Crippen molar-refractivity contribution in [2.75, 3.05) is 18.8 Å². The van der Waals surface area contributed by atoms with Crippen molar-refractivity contribution in [3.05, 3.63) is 52.5 Å². The molecule has 1 fully saturated rings. The number of furan rings is 1. The summed E-state index contributed by atoms with van der Waals surface area (Å²) in [5.74, 6) is -0.0720. The van der Waals surface area contributed by atoms with E-state index in [0.29, 0.717) is 21.6 Å². The van der Waals surface area contributed by atoms with Gasteiger partial charge in [0.15, 0.2) is 0 Å². The summed E-state index contributed by atoms with van der Waals surface area (Å²) in [6.45, 7) is 3.56. The van der Waals surface area contributed by atoms with Crippen LogP contribution in [-0.2, 0) is 0 Å². The second kappa shape index (κ2) is 6.10. The SMILES string of the molecule is Cc1cccc(Cl)c1-c1ccc2c(C(=O)NC3CNC3)c(N)oc2c1. The number of benzene rings is 2. The summed E-state index contributed by atoms with van der Waals surface area (Å²) in [6.07, 6.45) is 0. The first-order valence-electron chi connectivity index (χ1n) is 8.13. The Bertz CT molecular complexity index is 956. The molecule has 3 aromatic rings. The molecule has 0 radical (unpaired) electrons. The molecule has 5 nitrogen and oxygen atoms in total. The highest BCUT2D eigenvalue weighted by molar-refractivity contribution is 6.33. The maximum absolute atomic E-state index is 12.5. The van der Waals surface area contributed by atoms with Crippen LogP contribution in [0.4, 0.5) is 5.88 Å². The van der Waals surface area contributed by atoms with Crippen LogP contribution < -0.4 is 16.4 Å². The second-order valence-corrected chi connectivity index (χ2v) is 6.72. The lowest BCUT2D eigenvalue weighted by Crippen LogP contribution is -2.56. The number of nitrogen functional groups attached to an aromatic ring is 1. The van der Waals surface area contributed by atoms with Crippen LogP contribution in [0.1, 0.15) is 15.9 Å². The Kier molecular flexibility index (Phi) is 3.90. The molecule has 1 amide bonds. The number of amides is 1. The average molecular weight is 356 g/mol. The lowest BCUT2D eigenvalue weighted by atomic mass is 9.99. The zero-order valence-electron chi connectivity index (χ0n) is 13.7. The van der Waals surface area contributed by atoms with Crippen LogP contribution in [0.2, 0.25) is 5.02 Å². The van der Waals surface area contributed by atoms with Crippen LogP contribution in [0.25, 0.3) is 22.1 Å². The molecule has 1 saturated heterocycles. The van der Waals surface area contributed by atoms with E-state index in [4.69, 9.17) is 21.8 Å². The number of nitrogens with two attached hydrogens (primary N) is 1. The lowest BCUT2D eigenvalue weighted by Gasteiger charge is -2.27. The molecule has 4 rings (SSSR count). The molecule has 0 atom stereocenters. The fourth-order valence-corrected chi connectivity index (χ4v) is 3.48. The summed E-state index contributed by atoms with van der Waals surface area (Å²) in [4.78, 5) is 12.5. The number of nitrogens with one attached hydrogen (secondary N) is 2. The predicted molar refractivity (Wildman–Crippen MR) is 99.9 cm³/mol. The highest BCUT2D eigenvalue weighted by Crippen LogP contribution is 2.35. The van der Waals surface area contributed by atoms with Gasteiger partial charge in [-0.15, -0.1) is 0 Å². The number of hydrogen-bond donors (Lipinski definition) is 3. The summed E-state index contributed by atoms with van der Waals surface area (Å²) in [5.41, 5.74) is 9.89. The molecule has 0 unspecified atom stereocenters. The van der Waals surface area contributed by atoms with Crippen molar-refractivity contribution in [3.8, 4) is 11.1 Å². The van der Waals surface area contributed by atoms with Gasteiger partial charge in [-0.05, 0) is 36.2 Å². The van der Waals surface area contributed by atoms with Crippen LogP contribution in [0.5, 0.6) is 0 Å². The summed E-state index contributed by atoms with van der Waals surface area (Å²) >= 11 is 6.36. The Hall–Kier alpha value is -2.50. The average Bonchev–Trinajstić information content (AvgIpc) is 2.86. The predicted octanol–water partition coefficient (Wildman–Crippen LogP) is 3.35. The lowest BCUT2D eigenvalue weighted by molar-refractivity contribution is 0.0926. The molecule has 2 aromatic carbocycles. The third-order valence-electron chi connectivity index (χ3n) is 4.57. The molecule has 1 aromatic heterocycles. The molecular formula is C19H18ClN3O2. The van der Waals surface area contributed by atoms with Gasteiger partial charge in [0.1, 0.15) is 11.1 Å². The van der Waals surface area contributed by atoms with E-state index in [1.807, 2.05) is 43.3 Å². The minimum atomic E-state index is -0.204. The largest absolute Gasteiger partial charge is 0.440 e. The first-order chi connectivity index (χ1) is 12.0. The molecule has 1 aliphatic rings. The highest BCUT2D eigenvalue weighted by Gasteiger charge is 2.24. The molecule has 25 heavy (non-hydrogen) atoms. The standard InChI is InChI=1S/C19H18ClN3O2/c1-10-3-2-4-14(20)16(10)11-5-6-13-15(7-11)25-18(21)17(13)19(24)23-12-8-22-9-12/h2-7,12,22H,8-9,21H2,1H3,(H,23,24). The zero-order chi connectivity index (χ0) is 17.6. The zero-order valence-corrected chi connectivity index (χ0v) is 14.5. The molecular weight excluding hydrogens is 338 g/mol. The van der Waals surface area contributed by atoms with E-state index in [0.717, 1.165) is 29.8 Å². The second-order valence-electron chi connectivity index (χ2n) is 6.31. The highest BCUT2D eigenvalue weighted by atomic mass is 35.5. The molecule has 0 spiro atoms. The Balaban J connectivity index is 1.76. The van der Waals surface area contributed by atoms with Gasteiger partial charge in [0.25, 0.3) is 5.91 Å². The molecule has 6 heteroatoms. The number of carbonyl (C=O) groups excluding carboxylic acids is 1. The van der Waals surface area contributed by atoms with E-state index in [9.17, 15) is 4.79 Å². The minimum absolute atomic E-state index is 0.132. The van der Waals surface area contributed by atoms with Gasteiger partial charge in [0.05, 0.1) is 6.04 Å². The number of aryl methyl sites for hydroxylation is 1. The number of hydrogen-bond acceptors (Lipinski definition) is 4. The van der Waals surface area contributed by atoms with Gasteiger partial charge in [-0.3, -0.25) is 4.79 Å². The monoisotopic (exact) mass is 355 g/mol. The maximum Gasteiger partial charge on any atom is 0.257 e. The van der Waals surface area contributed by atoms with Crippen molar-refractivity contribution in [1.82, 2.24) is 10.6 Å². The topological polar surface area (TPSA) is 80.3 Å². The number of rotatable bonds is 3. The van der Waals surface area contributed by atoms with E-state index in [1.54, 1.807) is 0 Å². The molecule has 2 heterocycles. The summed E-state index contributed by atoms with van der Waals surface area (Å²) in [5, 5.41) is 7.45. The number of anilines is 1. The Labute approximate surface area is 150 Å². The van der Waals surface area contributed by atoms with Gasteiger partial charge >= 0.3 is 0 Å². The molecule has 128 valence electrons. The first kappa shape index (κ1) is 16.0. The Morgan fingerprint density at radius 2 is 2.12 bits per heavy atom.